The third-order valence-corrected chi connectivity index (χ3v) is 2.84. The molecule has 1 fully saturated rings. The van der Waals surface area contributed by atoms with Crippen LogP contribution >= 0.6 is 0 Å². The van der Waals surface area contributed by atoms with Gasteiger partial charge >= 0.3 is 0 Å². The molecule has 0 radical (unpaired) electrons. The summed E-state index contributed by atoms with van der Waals surface area (Å²) >= 11 is 0. The molecule has 0 heterocycles. The third-order valence-electron chi connectivity index (χ3n) is 2.84. The maximum Gasteiger partial charge on any atom is 0.00965 e. The Balaban J connectivity index is 1.85. The van der Waals surface area contributed by atoms with E-state index in [2.05, 4.69) is 38.3 Å². The van der Waals surface area contributed by atoms with Gasteiger partial charge in [0.2, 0.25) is 0 Å². The van der Waals surface area contributed by atoms with Crippen LogP contribution in [0.3, 0.4) is 0 Å². The van der Waals surface area contributed by atoms with Gasteiger partial charge in [0.25, 0.3) is 0 Å². The standard InChI is InChI=1S/C12H26N2/c1-11(2,3)14-9-5-8-13-10-12(4)6-7-12/h13-14H,5-10H2,1-4H3. The summed E-state index contributed by atoms with van der Waals surface area (Å²) in [5, 5.41) is 7.03. The first-order valence-corrected chi connectivity index (χ1v) is 5.87. The lowest BCUT2D eigenvalue weighted by atomic mass is 10.1. The molecule has 0 bridgehead atoms. The summed E-state index contributed by atoms with van der Waals surface area (Å²) in [6, 6.07) is 0. The molecule has 0 aromatic carbocycles. The Labute approximate surface area is 88.8 Å². The van der Waals surface area contributed by atoms with E-state index in [1.54, 1.807) is 0 Å². The zero-order valence-electron chi connectivity index (χ0n) is 10.2. The van der Waals surface area contributed by atoms with E-state index in [0.717, 1.165) is 13.1 Å². The van der Waals surface area contributed by atoms with Crippen molar-refractivity contribution < 1.29 is 0 Å². The molecule has 14 heavy (non-hydrogen) atoms. The Morgan fingerprint density at radius 3 is 2.29 bits per heavy atom. The van der Waals surface area contributed by atoms with Gasteiger partial charge in [0, 0.05) is 12.1 Å². The van der Waals surface area contributed by atoms with Crippen LogP contribution in [0.15, 0.2) is 0 Å². The summed E-state index contributed by atoms with van der Waals surface area (Å²) in [5.41, 5.74) is 0.917. The van der Waals surface area contributed by atoms with Crippen molar-refractivity contribution in [2.45, 2.75) is 52.5 Å². The summed E-state index contributed by atoms with van der Waals surface area (Å²) in [4.78, 5) is 0. The van der Waals surface area contributed by atoms with E-state index < -0.39 is 0 Å². The highest BCUT2D eigenvalue weighted by molar-refractivity contribution is 4.90. The molecular weight excluding hydrogens is 172 g/mol. The molecule has 0 atom stereocenters. The lowest BCUT2D eigenvalue weighted by Gasteiger charge is -2.20. The Hall–Kier alpha value is -0.0800. The zero-order valence-corrected chi connectivity index (χ0v) is 10.2. The Bertz CT molecular complexity index is 156. The van der Waals surface area contributed by atoms with Crippen LogP contribution in [0.1, 0.15) is 47.0 Å². The fourth-order valence-corrected chi connectivity index (χ4v) is 1.46. The Morgan fingerprint density at radius 2 is 1.79 bits per heavy atom. The van der Waals surface area contributed by atoms with Gasteiger partial charge < -0.3 is 10.6 Å². The first-order valence-electron chi connectivity index (χ1n) is 5.87. The van der Waals surface area contributed by atoms with Gasteiger partial charge in [-0.15, -0.1) is 0 Å². The van der Waals surface area contributed by atoms with E-state index in [1.165, 1.54) is 25.8 Å². The van der Waals surface area contributed by atoms with E-state index in [9.17, 15) is 0 Å². The predicted octanol–water partition coefficient (Wildman–Crippen LogP) is 2.15. The van der Waals surface area contributed by atoms with Crippen molar-refractivity contribution >= 4 is 0 Å². The molecular formula is C12H26N2. The molecule has 1 rings (SSSR count). The summed E-state index contributed by atoms with van der Waals surface area (Å²) < 4.78 is 0. The lowest BCUT2D eigenvalue weighted by Crippen LogP contribution is -2.37. The van der Waals surface area contributed by atoms with E-state index >= 15 is 0 Å². The molecule has 1 aliphatic rings. The highest BCUT2D eigenvalue weighted by Crippen LogP contribution is 2.43. The SMILES string of the molecule is CC1(CNCCCNC(C)(C)C)CC1. The van der Waals surface area contributed by atoms with Crippen LogP contribution in [0.4, 0.5) is 0 Å². The Morgan fingerprint density at radius 1 is 1.14 bits per heavy atom. The molecule has 2 heteroatoms. The maximum atomic E-state index is 3.53. The highest BCUT2D eigenvalue weighted by Gasteiger charge is 2.36. The molecule has 0 spiro atoms. The van der Waals surface area contributed by atoms with Gasteiger partial charge in [-0.25, -0.2) is 0 Å². The second-order valence-electron chi connectivity index (χ2n) is 6.02. The minimum absolute atomic E-state index is 0.266. The van der Waals surface area contributed by atoms with Crippen LogP contribution in [0.2, 0.25) is 0 Å². The van der Waals surface area contributed by atoms with Gasteiger partial charge in [-0.05, 0) is 58.5 Å². The first-order chi connectivity index (χ1) is 6.41. The van der Waals surface area contributed by atoms with Gasteiger partial charge in [-0.1, -0.05) is 6.92 Å². The van der Waals surface area contributed by atoms with Crippen LogP contribution in [0.25, 0.3) is 0 Å². The summed E-state index contributed by atoms with van der Waals surface area (Å²) in [6.07, 6.45) is 4.06. The predicted molar refractivity (Wildman–Crippen MR) is 62.6 cm³/mol. The van der Waals surface area contributed by atoms with E-state index in [1.807, 2.05) is 0 Å². The maximum absolute atomic E-state index is 3.53. The lowest BCUT2D eigenvalue weighted by molar-refractivity contribution is 0.413. The van der Waals surface area contributed by atoms with Crippen LogP contribution in [0.5, 0.6) is 0 Å². The van der Waals surface area contributed by atoms with Crippen LogP contribution in [-0.4, -0.2) is 25.2 Å². The summed E-state index contributed by atoms with van der Waals surface area (Å²) in [5.74, 6) is 0. The van der Waals surface area contributed by atoms with Crippen molar-refractivity contribution in [3.8, 4) is 0 Å². The first kappa shape index (κ1) is 12.0. The van der Waals surface area contributed by atoms with Crippen molar-refractivity contribution in [2.24, 2.45) is 5.41 Å². The van der Waals surface area contributed by atoms with Gasteiger partial charge in [-0.2, -0.15) is 0 Å². The fraction of sp³-hybridized carbons (Fsp3) is 1.00. The number of hydrogen-bond donors (Lipinski definition) is 2. The summed E-state index contributed by atoms with van der Waals surface area (Å²) in [6.45, 7) is 12.5. The van der Waals surface area contributed by atoms with Gasteiger partial charge in [0.1, 0.15) is 0 Å². The molecule has 0 aromatic rings. The molecule has 1 aliphatic carbocycles. The number of rotatable bonds is 6. The van der Waals surface area contributed by atoms with Gasteiger partial charge in [0.05, 0.1) is 0 Å². The molecule has 84 valence electrons. The fourth-order valence-electron chi connectivity index (χ4n) is 1.46. The molecule has 2 nitrogen and oxygen atoms in total. The minimum atomic E-state index is 0.266. The zero-order chi connectivity index (χ0) is 10.7. The number of nitrogens with one attached hydrogen (secondary N) is 2. The molecule has 0 amide bonds. The summed E-state index contributed by atoms with van der Waals surface area (Å²) in [7, 11) is 0. The largest absolute Gasteiger partial charge is 0.316 e. The van der Waals surface area contributed by atoms with E-state index in [0.29, 0.717) is 5.41 Å². The molecule has 0 aromatic heterocycles. The normalized spacial score (nSPS) is 19.7. The van der Waals surface area contributed by atoms with Gasteiger partial charge in [0.15, 0.2) is 0 Å². The van der Waals surface area contributed by atoms with Crippen molar-refractivity contribution in [3.05, 3.63) is 0 Å². The smallest absolute Gasteiger partial charge is 0.00965 e. The van der Waals surface area contributed by atoms with E-state index in [-0.39, 0.29) is 5.54 Å². The van der Waals surface area contributed by atoms with Crippen molar-refractivity contribution in [1.29, 1.82) is 0 Å². The van der Waals surface area contributed by atoms with Crippen LogP contribution < -0.4 is 10.6 Å². The van der Waals surface area contributed by atoms with Crippen molar-refractivity contribution in [1.82, 2.24) is 10.6 Å². The molecule has 0 saturated heterocycles. The molecule has 2 N–H and O–H groups in total. The van der Waals surface area contributed by atoms with Gasteiger partial charge in [-0.3, -0.25) is 0 Å². The van der Waals surface area contributed by atoms with E-state index in [4.69, 9.17) is 0 Å². The third kappa shape index (κ3) is 5.61. The van der Waals surface area contributed by atoms with Crippen LogP contribution in [0, 0.1) is 5.41 Å². The quantitative estimate of drug-likeness (QED) is 0.639. The molecule has 1 saturated carbocycles. The highest BCUT2D eigenvalue weighted by atomic mass is 15.0. The Kier molecular flexibility index (Phi) is 3.96. The topological polar surface area (TPSA) is 24.1 Å². The average Bonchev–Trinajstić information content (AvgIpc) is 2.75. The average molecular weight is 198 g/mol. The second-order valence-corrected chi connectivity index (χ2v) is 6.02. The monoisotopic (exact) mass is 198 g/mol. The van der Waals surface area contributed by atoms with Crippen LogP contribution in [-0.2, 0) is 0 Å². The molecule has 0 aliphatic heterocycles. The van der Waals surface area contributed by atoms with Crippen molar-refractivity contribution in [2.75, 3.05) is 19.6 Å². The number of hydrogen-bond acceptors (Lipinski definition) is 2. The van der Waals surface area contributed by atoms with Crippen molar-refractivity contribution in [3.63, 3.8) is 0 Å². The minimum Gasteiger partial charge on any atom is -0.316 e. The molecule has 0 unspecified atom stereocenters. The second kappa shape index (κ2) is 4.63.